The van der Waals surface area contributed by atoms with E-state index in [0.29, 0.717) is 19.0 Å². The molecule has 1 N–H and O–H groups in total. The van der Waals surface area contributed by atoms with Crippen molar-refractivity contribution < 1.29 is 14.7 Å². The zero-order chi connectivity index (χ0) is 14.1. The molecule has 1 saturated heterocycles. The van der Waals surface area contributed by atoms with Crippen LogP contribution in [0.25, 0.3) is 0 Å². The number of amides is 1. The Morgan fingerprint density at radius 1 is 1.40 bits per heavy atom. The van der Waals surface area contributed by atoms with Crippen molar-refractivity contribution in [3.63, 3.8) is 0 Å². The lowest BCUT2D eigenvalue weighted by atomic mass is 10.2. The van der Waals surface area contributed by atoms with Crippen molar-refractivity contribution in [1.82, 2.24) is 19.7 Å². The molecule has 2 fully saturated rings. The van der Waals surface area contributed by atoms with Gasteiger partial charge in [0.05, 0.1) is 5.75 Å². The Labute approximate surface area is 120 Å². The zero-order valence-electron chi connectivity index (χ0n) is 10.9. The number of nitrogens with zero attached hydrogens (tertiary/aromatic N) is 4. The van der Waals surface area contributed by atoms with Crippen LogP contribution in [0.2, 0.25) is 0 Å². The van der Waals surface area contributed by atoms with E-state index in [-0.39, 0.29) is 11.7 Å². The van der Waals surface area contributed by atoms with Crippen LogP contribution < -0.4 is 0 Å². The smallest absolute Gasteiger partial charge is 0.326 e. The van der Waals surface area contributed by atoms with Crippen LogP contribution in [-0.2, 0) is 9.59 Å². The molecule has 1 saturated carbocycles. The number of aromatic nitrogens is 3. The lowest BCUT2D eigenvalue weighted by molar-refractivity contribution is -0.147. The van der Waals surface area contributed by atoms with Gasteiger partial charge in [-0.1, -0.05) is 11.8 Å². The van der Waals surface area contributed by atoms with Crippen molar-refractivity contribution in [1.29, 1.82) is 0 Å². The van der Waals surface area contributed by atoms with Crippen molar-refractivity contribution >= 4 is 23.6 Å². The molecular formula is C12H16N4O3S. The lowest BCUT2D eigenvalue weighted by Gasteiger charge is -2.21. The number of carboxylic acids is 1. The molecule has 1 atom stereocenters. The molecule has 2 aliphatic rings. The normalized spacial score (nSPS) is 22.2. The highest BCUT2D eigenvalue weighted by atomic mass is 32.2. The SMILES string of the molecule is O=C(O)C1CCCN1C(=O)CSc1nncn1C1CC1. The first-order valence-electron chi connectivity index (χ1n) is 6.71. The monoisotopic (exact) mass is 296 g/mol. The first-order chi connectivity index (χ1) is 9.66. The Hall–Kier alpha value is -1.57. The van der Waals surface area contributed by atoms with E-state index in [1.165, 1.54) is 16.7 Å². The van der Waals surface area contributed by atoms with Gasteiger partial charge in [-0.05, 0) is 25.7 Å². The molecule has 20 heavy (non-hydrogen) atoms. The molecule has 0 aromatic carbocycles. The number of hydrogen-bond donors (Lipinski definition) is 1. The summed E-state index contributed by atoms with van der Waals surface area (Å²) in [6.07, 6.45) is 5.26. The van der Waals surface area contributed by atoms with Gasteiger partial charge in [0.15, 0.2) is 5.16 Å². The fraction of sp³-hybridized carbons (Fsp3) is 0.667. The van der Waals surface area contributed by atoms with Gasteiger partial charge in [-0.25, -0.2) is 4.79 Å². The molecule has 1 aliphatic carbocycles. The second-order valence-corrected chi connectivity index (χ2v) is 6.07. The average Bonchev–Trinajstić information content (AvgIpc) is 2.97. The van der Waals surface area contributed by atoms with Gasteiger partial charge < -0.3 is 14.6 Å². The predicted molar refractivity (Wildman–Crippen MR) is 71.4 cm³/mol. The Balaban J connectivity index is 1.59. The molecule has 2 heterocycles. The van der Waals surface area contributed by atoms with Crippen molar-refractivity contribution in [2.45, 2.75) is 42.9 Å². The number of carboxylic acid groups (broad SMARTS) is 1. The standard InChI is InChI=1S/C12H16N4O3S/c17-10(15-5-1-2-9(15)11(18)19)6-20-12-14-13-7-16(12)8-3-4-8/h7-9H,1-6H2,(H,18,19). The summed E-state index contributed by atoms with van der Waals surface area (Å²) >= 11 is 1.34. The van der Waals surface area contributed by atoms with Crippen LogP contribution in [0, 0.1) is 0 Å². The number of carbonyl (C=O) groups is 2. The average molecular weight is 296 g/mol. The first-order valence-corrected chi connectivity index (χ1v) is 7.70. The van der Waals surface area contributed by atoms with Gasteiger partial charge >= 0.3 is 5.97 Å². The number of aliphatic carboxylic acids is 1. The summed E-state index contributed by atoms with van der Waals surface area (Å²) in [4.78, 5) is 24.7. The summed E-state index contributed by atoms with van der Waals surface area (Å²) < 4.78 is 2.00. The minimum absolute atomic E-state index is 0.134. The molecule has 1 aromatic heterocycles. The minimum Gasteiger partial charge on any atom is -0.480 e. The number of likely N-dealkylation sites (tertiary alicyclic amines) is 1. The fourth-order valence-corrected chi connectivity index (χ4v) is 3.34. The highest BCUT2D eigenvalue weighted by molar-refractivity contribution is 7.99. The van der Waals surface area contributed by atoms with Gasteiger partial charge in [0.1, 0.15) is 12.4 Å². The molecule has 0 spiro atoms. The number of rotatable bonds is 5. The molecule has 7 nitrogen and oxygen atoms in total. The molecule has 0 bridgehead atoms. The van der Waals surface area contributed by atoms with Crippen molar-refractivity contribution in [2.24, 2.45) is 0 Å². The molecule has 1 aliphatic heterocycles. The Kier molecular flexibility index (Phi) is 3.64. The molecule has 1 amide bonds. The van der Waals surface area contributed by atoms with Crippen LogP contribution >= 0.6 is 11.8 Å². The second kappa shape index (κ2) is 5.43. The fourth-order valence-electron chi connectivity index (χ4n) is 2.47. The molecule has 1 unspecified atom stereocenters. The minimum atomic E-state index is -0.915. The van der Waals surface area contributed by atoms with Crippen LogP contribution in [0.5, 0.6) is 0 Å². The van der Waals surface area contributed by atoms with Crippen LogP contribution in [0.15, 0.2) is 11.5 Å². The summed E-state index contributed by atoms with van der Waals surface area (Å²) in [5, 5.41) is 17.7. The Morgan fingerprint density at radius 2 is 2.20 bits per heavy atom. The van der Waals surface area contributed by atoms with E-state index in [1.807, 2.05) is 4.57 Å². The summed E-state index contributed by atoms with van der Waals surface area (Å²) in [7, 11) is 0. The van der Waals surface area contributed by atoms with Gasteiger partial charge in [-0.2, -0.15) is 0 Å². The second-order valence-electron chi connectivity index (χ2n) is 5.12. The number of carbonyl (C=O) groups excluding carboxylic acids is 1. The lowest BCUT2D eigenvalue weighted by Crippen LogP contribution is -2.41. The Bertz CT molecular complexity index is 529. The molecule has 108 valence electrons. The maximum Gasteiger partial charge on any atom is 0.326 e. The van der Waals surface area contributed by atoms with Gasteiger partial charge in [-0.3, -0.25) is 4.79 Å². The maximum atomic E-state index is 12.1. The van der Waals surface area contributed by atoms with Gasteiger partial charge in [-0.15, -0.1) is 10.2 Å². The van der Waals surface area contributed by atoms with E-state index >= 15 is 0 Å². The van der Waals surface area contributed by atoms with E-state index in [1.54, 1.807) is 6.33 Å². The largest absolute Gasteiger partial charge is 0.480 e. The highest BCUT2D eigenvalue weighted by Gasteiger charge is 2.34. The van der Waals surface area contributed by atoms with Gasteiger partial charge in [0.25, 0.3) is 0 Å². The number of thioether (sulfide) groups is 1. The first kappa shape index (κ1) is 13.4. The summed E-state index contributed by atoms with van der Waals surface area (Å²) in [6.45, 7) is 0.533. The number of hydrogen-bond acceptors (Lipinski definition) is 5. The topological polar surface area (TPSA) is 88.3 Å². The molecule has 8 heteroatoms. The van der Waals surface area contributed by atoms with Crippen LogP contribution in [0.1, 0.15) is 31.7 Å². The predicted octanol–water partition coefficient (Wildman–Crippen LogP) is 0.781. The highest BCUT2D eigenvalue weighted by Crippen LogP contribution is 2.37. The van der Waals surface area contributed by atoms with E-state index in [0.717, 1.165) is 24.4 Å². The maximum absolute atomic E-state index is 12.1. The van der Waals surface area contributed by atoms with Crippen molar-refractivity contribution in [3.05, 3.63) is 6.33 Å². The molecular weight excluding hydrogens is 280 g/mol. The third-order valence-electron chi connectivity index (χ3n) is 3.66. The third-order valence-corrected chi connectivity index (χ3v) is 4.61. The van der Waals surface area contributed by atoms with Gasteiger partial charge in [0, 0.05) is 12.6 Å². The van der Waals surface area contributed by atoms with Crippen LogP contribution in [0.3, 0.4) is 0 Å². The van der Waals surface area contributed by atoms with Crippen LogP contribution in [-0.4, -0.2) is 55.0 Å². The third kappa shape index (κ3) is 2.65. The van der Waals surface area contributed by atoms with E-state index < -0.39 is 12.0 Å². The van der Waals surface area contributed by atoms with Gasteiger partial charge in [0.2, 0.25) is 5.91 Å². The molecule has 0 radical (unpaired) electrons. The summed E-state index contributed by atoms with van der Waals surface area (Å²) in [5.74, 6) is -0.831. The van der Waals surface area contributed by atoms with Crippen molar-refractivity contribution in [3.8, 4) is 0 Å². The summed E-state index contributed by atoms with van der Waals surface area (Å²) in [6, 6.07) is -0.189. The van der Waals surface area contributed by atoms with Crippen molar-refractivity contribution in [2.75, 3.05) is 12.3 Å². The summed E-state index contributed by atoms with van der Waals surface area (Å²) in [5.41, 5.74) is 0. The van der Waals surface area contributed by atoms with Crippen LogP contribution in [0.4, 0.5) is 0 Å². The van der Waals surface area contributed by atoms with E-state index in [2.05, 4.69) is 10.2 Å². The van der Waals surface area contributed by atoms with E-state index in [4.69, 9.17) is 5.11 Å². The zero-order valence-corrected chi connectivity index (χ0v) is 11.8. The molecule has 1 aromatic rings. The van der Waals surface area contributed by atoms with E-state index in [9.17, 15) is 9.59 Å². The Morgan fingerprint density at radius 3 is 2.90 bits per heavy atom. The molecule has 3 rings (SSSR count). The quantitative estimate of drug-likeness (QED) is 0.808.